The highest BCUT2D eigenvalue weighted by atomic mass is 35.5. The summed E-state index contributed by atoms with van der Waals surface area (Å²) in [5.74, 6) is 0.497. The summed E-state index contributed by atoms with van der Waals surface area (Å²) in [4.78, 5) is 14.2. The van der Waals surface area contributed by atoms with Crippen molar-refractivity contribution in [2.45, 2.75) is 19.3 Å². The molecular weight excluding hydrogens is 234 g/mol. The number of carbonyl (C=O) groups is 1. The molecule has 1 amide bonds. The van der Waals surface area contributed by atoms with Gasteiger partial charge in [-0.1, -0.05) is 24.8 Å². The van der Waals surface area contributed by atoms with Crippen molar-refractivity contribution >= 4 is 23.2 Å². The van der Waals surface area contributed by atoms with Gasteiger partial charge in [-0.3, -0.25) is 4.79 Å². The summed E-state index contributed by atoms with van der Waals surface area (Å²) in [5, 5.41) is 0. The van der Waals surface area contributed by atoms with Crippen molar-refractivity contribution in [3.05, 3.63) is 42.0 Å². The lowest BCUT2D eigenvalue weighted by Gasteiger charge is -2.20. The smallest absolute Gasteiger partial charge is 0.237 e. The minimum Gasteiger partial charge on any atom is -0.307 e. The molecule has 3 heteroatoms. The lowest BCUT2D eigenvalue weighted by atomic mass is 9.86. The lowest BCUT2D eigenvalue weighted by molar-refractivity contribution is -0.122. The Hall–Kier alpha value is -1.28. The van der Waals surface area contributed by atoms with Crippen LogP contribution < -0.4 is 4.90 Å². The number of hydrogen-bond donors (Lipinski definition) is 0. The van der Waals surface area contributed by atoms with Gasteiger partial charge in [0.15, 0.2) is 0 Å². The minimum atomic E-state index is -0.455. The van der Waals surface area contributed by atoms with Crippen LogP contribution in [0, 0.1) is 0 Å². The maximum atomic E-state index is 12.4. The highest BCUT2D eigenvalue weighted by Crippen LogP contribution is 2.41. The number of benzene rings is 1. The number of halogens is 1. The molecule has 90 valence electrons. The van der Waals surface area contributed by atoms with Crippen LogP contribution in [0.3, 0.4) is 0 Å². The maximum Gasteiger partial charge on any atom is 0.237 e. The predicted molar refractivity (Wildman–Crippen MR) is 71.7 cm³/mol. The van der Waals surface area contributed by atoms with Gasteiger partial charge in [-0.05, 0) is 31.1 Å². The molecule has 0 radical (unpaired) electrons. The summed E-state index contributed by atoms with van der Waals surface area (Å²) in [6, 6.07) is 7.90. The number of alkyl halides is 1. The summed E-state index contributed by atoms with van der Waals surface area (Å²) in [7, 11) is 0. The molecule has 0 fully saturated rings. The fourth-order valence-electron chi connectivity index (χ4n) is 2.22. The molecule has 0 spiro atoms. The molecule has 1 aromatic rings. The van der Waals surface area contributed by atoms with Gasteiger partial charge in [0.25, 0.3) is 0 Å². The molecule has 0 aromatic heterocycles. The normalized spacial score (nSPS) is 17.1. The first-order valence-electron chi connectivity index (χ1n) is 5.62. The summed E-state index contributed by atoms with van der Waals surface area (Å²) in [5.41, 5.74) is 2.46. The van der Waals surface area contributed by atoms with E-state index < -0.39 is 5.41 Å². The van der Waals surface area contributed by atoms with Crippen molar-refractivity contribution in [3.8, 4) is 0 Å². The lowest BCUT2D eigenvalue weighted by Crippen LogP contribution is -2.37. The maximum absolute atomic E-state index is 12.4. The van der Waals surface area contributed by atoms with Crippen LogP contribution in [0.5, 0.6) is 0 Å². The molecule has 1 heterocycles. The third-order valence-corrected chi connectivity index (χ3v) is 3.60. The SMILES string of the molecule is C=C(CCl)CN1C(=O)C(C)(C)c2ccccc21. The molecule has 0 saturated heterocycles. The molecule has 1 aliphatic rings. The van der Waals surface area contributed by atoms with E-state index in [1.165, 1.54) is 0 Å². The number of hydrogen-bond acceptors (Lipinski definition) is 1. The van der Waals surface area contributed by atoms with Crippen LogP contribution >= 0.6 is 11.6 Å². The predicted octanol–water partition coefficient (Wildman–Crippen LogP) is 3.11. The summed E-state index contributed by atoms with van der Waals surface area (Å²) >= 11 is 5.74. The quantitative estimate of drug-likeness (QED) is 0.596. The van der Waals surface area contributed by atoms with Gasteiger partial charge in [-0.2, -0.15) is 0 Å². The van der Waals surface area contributed by atoms with Crippen molar-refractivity contribution in [1.29, 1.82) is 0 Å². The summed E-state index contributed by atoms with van der Waals surface area (Å²) in [6.07, 6.45) is 0. The molecule has 0 bridgehead atoms. The third-order valence-electron chi connectivity index (χ3n) is 3.22. The second kappa shape index (κ2) is 4.19. The average Bonchev–Trinajstić information content (AvgIpc) is 2.51. The van der Waals surface area contributed by atoms with Gasteiger partial charge in [0.05, 0.1) is 5.41 Å². The first kappa shape index (κ1) is 12.2. The Balaban J connectivity index is 2.43. The van der Waals surface area contributed by atoms with Crippen LogP contribution in [-0.2, 0) is 10.2 Å². The molecule has 0 aliphatic carbocycles. The second-order valence-corrected chi connectivity index (χ2v) is 5.18. The highest BCUT2D eigenvalue weighted by molar-refractivity contribution is 6.19. The van der Waals surface area contributed by atoms with Gasteiger partial charge >= 0.3 is 0 Å². The van der Waals surface area contributed by atoms with Crippen molar-refractivity contribution in [1.82, 2.24) is 0 Å². The Bertz CT molecular complexity index is 479. The van der Waals surface area contributed by atoms with E-state index in [0.717, 1.165) is 16.8 Å². The molecule has 0 atom stereocenters. The topological polar surface area (TPSA) is 20.3 Å². The minimum absolute atomic E-state index is 0.116. The number of rotatable bonds is 3. The van der Waals surface area contributed by atoms with E-state index >= 15 is 0 Å². The zero-order chi connectivity index (χ0) is 12.6. The van der Waals surface area contributed by atoms with Crippen molar-refractivity contribution in [2.24, 2.45) is 0 Å². The molecule has 2 nitrogen and oxygen atoms in total. The van der Waals surface area contributed by atoms with Crippen LogP contribution in [0.4, 0.5) is 5.69 Å². The van der Waals surface area contributed by atoms with Gasteiger partial charge in [0.1, 0.15) is 0 Å². The molecule has 0 N–H and O–H groups in total. The monoisotopic (exact) mass is 249 g/mol. The van der Waals surface area contributed by atoms with E-state index in [9.17, 15) is 4.79 Å². The number of nitrogens with zero attached hydrogens (tertiary/aromatic N) is 1. The van der Waals surface area contributed by atoms with Crippen LogP contribution in [0.15, 0.2) is 36.4 Å². The second-order valence-electron chi connectivity index (χ2n) is 4.92. The number of fused-ring (bicyclic) bond motifs is 1. The number of anilines is 1. The Morgan fingerprint density at radius 2 is 2.06 bits per heavy atom. The van der Waals surface area contributed by atoms with Crippen LogP contribution in [0.1, 0.15) is 19.4 Å². The largest absolute Gasteiger partial charge is 0.307 e. The van der Waals surface area contributed by atoms with Gasteiger partial charge in [0, 0.05) is 18.1 Å². The molecule has 0 unspecified atom stereocenters. The van der Waals surface area contributed by atoms with Crippen LogP contribution in [0.2, 0.25) is 0 Å². The fraction of sp³-hybridized carbons (Fsp3) is 0.357. The summed E-state index contributed by atoms with van der Waals surface area (Å²) in [6.45, 7) is 8.28. The standard InChI is InChI=1S/C14H16ClNO/c1-10(8-15)9-16-12-7-5-4-6-11(12)14(2,3)13(16)17/h4-7H,1,8-9H2,2-3H3. The summed E-state index contributed by atoms with van der Waals surface area (Å²) < 4.78 is 0. The van der Waals surface area contributed by atoms with Gasteiger partial charge in [0.2, 0.25) is 5.91 Å². The first-order valence-corrected chi connectivity index (χ1v) is 6.16. The van der Waals surface area contributed by atoms with Crippen molar-refractivity contribution in [2.75, 3.05) is 17.3 Å². The van der Waals surface area contributed by atoms with E-state index in [4.69, 9.17) is 11.6 Å². The van der Waals surface area contributed by atoms with E-state index in [-0.39, 0.29) is 5.91 Å². The van der Waals surface area contributed by atoms with Gasteiger partial charge < -0.3 is 4.90 Å². The Morgan fingerprint density at radius 3 is 2.71 bits per heavy atom. The molecule has 1 aliphatic heterocycles. The molecule has 2 rings (SSSR count). The Morgan fingerprint density at radius 1 is 1.41 bits per heavy atom. The van der Waals surface area contributed by atoms with E-state index in [2.05, 4.69) is 6.58 Å². The van der Waals surface area contributed by atoms with Crippen molar-refractivity contribution < 1.29 is 4.79 Å². The van der Waals surface area contributed by atoms with Gasteiger partial charge in [-0.15, -0.1) is 11.6 Å². The fourth-order valence-corrected chi connectivity index (χ4v) is 2.31. The highest BCUT2D eigenvalue weighted by Gasteiger charge is 2.43. The van der Waals surface area contributed by atoms with E-state index in [1.54, 1.807) is 4.90 Å². The molecule has 0 saturated carbocycles. The molecular formula is C14H16ClNO. The zero-order valence-electron chi connectivity index (χ0n) is 10.2. The average molecular weight is 250 g/mol. The Kier molecular flexibility index (Phi) is 3.00. The number of amides is 1. The van der Waals surface area contributed by atoms with Crippen LogP contribution in [0.25, 0.3) is 0 Å². The molecule has 1 aromatic carbocycles. The van der Waals surface area contributed by atoms with Crippen molar-refractivity contribution in [3.63, 3.8) is 0 Å². The number of carbonyl (C=O) groups excluding carboxylic acids is 1. The third kappa shape index (κ3) is 1.87. The van der Waals surface area contributed by atoms with Crippen LogP contribution in [-0.4, -0.2) is 18.3 Å². The van der Waals surface area contributed by atoms with E-state index in [0.29, 0.717) is 12.4 Å². The van der Waals surface area contributed by atoms with Gasteiger partial charge in [-0.25, -0.2) is 0 Å². The number of para-hydroxylation sites is 1. The zero-order valence-corrected chi connectivity index (χ0v) is 10.9. The first-order chi connectivity index (χ1) is 7.98. The Labute approximate surface area is 107 Å². The van der Waals surface area contributed by atoms with E-state index in [1.807, 2.05) is 38.1 Å². The molecule has 17 heavy (non-hydrogen) atoms.